The second-order valence-electron chi connectivity index (χ2n) is 4.70. The van der Waals surface area contributed by atoms with Crippen LogP contribution in [-0.2, 0) is 14.8 Å². The summed E-state index contributed by atoms with van der Waals surface area (Å²) in [6.45, 7) is 4.50. The quantitative estimate of drug-likeness (QED) is 0.834. The number of sulfonamides is 1. The summed E-state index contributed by atoms with van der Waals surface area (Å²) < 4.78 is 26.8. The Morgan fingerprint density at radius 3 is 2.95 bits per heavy atom. The molecule has 0 spiro atoms. The van der Waals surface area contributed by atoms with Gasteiger partial charge in [-0.2, -0.15) is 4.72 Å². The molecule has 0 aliphatic carbocycles. The first kappa shape index (κ1) is 15.4. The molecule has 0 saturated carbocycles. The molecule has 2 heterocycles. The van der Waals surface area contributed by atoms with Gasteiger partial charge in [0.2, 0.25) is 5.91 Å². The first-order chi connectivity index (χ1) is 9.50. The Morgan fingerprint density at radius 2 is 2.25 bits per heavy atom. The number of rotatable bonds is 4. The Kier molecular flexibility index (Phi) is 5.14. The number of thiophene rings is 1. The summed E-state index contributed by atoms with van der Waals surface area (Å²) in [6.07, 6.45) is 0.885. The van der Waals surface area contributed by atoms with Crippen molar-refractivity contribution in [3.8, 4) is 0 Å². The molecule has 0 bridgehead atoms. The van der Waals surface area contributed by atoms with Crippen LogP contribution in [0.2, 0.25) is 0 Å². The smallest absolute Gasteiger partial charge is 0.250 e. The lowest BCUT2D eigenvalue weighted by Gasteiger charge is -2.24. The average molecular weight is 317 g/mol. The number of carbonyl (C=O) groups is 1. The predicted octanol–water partition coefficient (Wildman–Crippen LogP) is 0.237. The van der Waals surface area contributed by atoms with E-state index in [0.29, 0.717) is 13.1 Å². The van der Waals surface area contributed by atoms with Crippen LogP contribution >= 0.6 is 11.3 Å². The lowest BCUT2D eigenvalue weighted by atomic mass is 10.3. The zero-order valence-corrected chi connectivity index (χ0v) is 13.0. The molecule has 0 aromatic carbocycles. The highest BCUT2D eigenvalue weighted by atomic mass is 32.2. The molecule has 0 radical (unpaired) electrons. The molecule has 8 heteroatoms. The van der Waals surface area contributed by atoms with E-state index in [1.807, 2.05) is 0 Å². The van der Waals surface area contributed by atoms with Gasteiger partial charge in [0.05, 0.1) is 6.04 Å². The Bertz CT molecular complexity index is 534. The summed E-state index contributed by atoms with van der Waals surface area (Å²) in [4.78, 5) is 14.0. The van der Waals surface area contributed by atoms with Crippen LogP contribution in [0, 0.1) is 0 Å². The molecule has 2 rings (SSSR count). The monoisotopic (exact) mass is 317 g/mol. The van der Waals surface area contributed by atoms with Gasteiger partial charge in [-0.3, -0.25) is 4.79 Å². The normalized spacial score (nSPS) is 18.6. The zero-order valence-electron chi connectivity index (χ0n) is 11.3. The van der Waals surface area contributed by atoms with E-state index in [2.05, 4.69) is 10.0 Å². The number of hydrogen-bond acceptors (Lipinski definition) is 5. The first-order valence-corrected chi connectivity index (χ1v) is 8.92. The summed E-state index contributed by atoms with van der Waals surface area (Å²) in [5.41, 5.74) is 0. The van der Waals surface area contributed by atoms with Crippen LogP contribution in [0.4, 0.5) is 0 Å². The minimum absolute atomic E-state index is 0.172. The van der Waals surface area contributed by atoms with E-state index < -0.39 is 16.1 Å². The van der Waals surface area contributed by atoms with Gasteiger partial charge in [0.25, 0.3) is 10.0 Å². The standard InChI is InChI=1S/C12H19N3O3S2/c1-10(12(16)15-7-3-5-13-6-8-15)14-20(17,18)11-4-2-9-19-11/h2,4,9-10,13-14H,3,5-8H2,1H3. The van der Waals surface area contributed by atoms with Crippen molar-refractivity contribution in [2.45, 2.75) is 23.6 Å². The molecule has 20 heavy (non-hydrogen) atoms. The summed E-state index contributed by atoms with van der Waals surface area (Å²) in [5, 5.41) is 4.91. The van der Waals surface area contributed by atoms with Gasteiger partial charge in [-0.05, 0) is 31.3 Å². The van der Waals surface area contributed by atoms with Crippen LogP contribution in [0.3, 0.4) is 0 Å². The molecule has 2 N–H and O–H groups in total. The zero-order chi connectivity index (χ0) is 14.6. The summed E-state index contributed by atoms with van der Waals surface area (Å²) >= 11 is 1.14. The van der Waals surface area contributed by atoms with Crippen molar-refractivity contribution in [3.05, 3.63) is 17.5 Å². The summed E-state index contributed by atoms with van der Waals surface area (Å²) in [7, 11) is -3.60. The highest BCUT2D eigenvalue weighted by molar-refractivity contribution is 7.91. The van der Waals surface area contributed by atoms with Crippen molar-refractivity contribution < 1.29 is 13.2 Å². The van der Waals surface area contributed by atoms with Crippen LogP contribution < -0.4 is 10.0 Å². The molecule has 1 atom stereocenters. The molecular weight excluding hydrogens is 298 g/mol. The Labute approximate surface area is 123 Å². The van der Waals surface area contributed by atoms with Crippen LogP contribution in [0.1, 0.15) is 13.3 Å². The van der Waals surface area contributed by atoms with Crippen LogP contribution in [-0.4, -0.2) is 51.4 Å². The maximum atomic E-state index is 12.3. The van der Waals surface area contributed by atoms with E-state index in [1.165, 1.54) is 6.07 Å². The number of amides is 1. The van der Waals surface area contributed by atoms with Crippen LogP contribution in [0.5, 0.6) is 0 Å². The van der Waals surface area contributed by atoms with Gasteiger partial charge in [0.15, 0.2) is 0 Å². The molecule has 6 nitrogen and oxygen atoms in total. The lowest BCUT2D eigenvalue weighted by molar-refractivity contribution is -0.132. The lowest BCUT2D eigenvalue weighted by Crippen LogP contribution is -2.47. The molecule has 1 saturated heterocycles. The Balaban J connectivity index is 2.00. The molecule has 1 aromatic heterocycles. The van der Waals surface area contributed by atoms with Gasteiger partial charge in [-0.25, -0.2) is 8.42 Å². The SMILES string of the molecule is CC(NS(=O)(=O)c1cccs1)C(=O)N1CCCNCC1. The van der Waals surface area contributed by atoms with Crippen molar-refractivity contribution in [2.24, 2.45) is 0 Å². The largest absolute Gasteiger partial charge is 0.340 e. The van der Waals surface area contributed by atoms with Crippen molar-refractivity contribution in [1.82, 2.24) is 14.9 Å². The van der Waals surface area contributed by atoms with E-state index in [9.17, 15) is 13.2 Å². The van der Waals surface area contributed by atoms with Crippen molar-refractivity contribution in [1.29, 1.82) is 0 Å². The fourth-order valence-electron chi connectivity index (χ4n) is 2.10. The van der Waals surface area contributed by atoms with Crippen LogP contribution in [0.25, 0.3) is 0 Å². The Morgan fingerprint density at radius 1 is 1.45 bits per heavy atom. The van der Waals surface area contributed by atoms with E-state index in [4.69, 9.17) is 0 Å². The second-order valence-corrected chi connectivity index (χ2v) is 7.59. The van der Waals surface area contributed by atoms with E-state index in [-0.39, 0.29) is 10.1 Å². The third kappa shape index (κ3) is 3.78. The second kappa shape index (κ2) is 6.66. The van der Waals surface area contributed by atoms with Gasteiger partial charge in [-0.1, -0.05) is 6.07 Å². The number of nitrogens with zero attached hydrogens (tertiary/aromatic N) is 1. The van der Waals surface area contributed by atoms with Gasteiger partial charge in [0.1, 0.15) is 4.21 Å². The molecule has 1 amide bonds. The highest BCUT2D eigenvalue weighted by Crippen LogP contribution is 2.16. The molecular formula is C12H19N3O3S2. The fraction of sp³-hybridized carbons (Fsp3) is 0.583. The number of carbonyl (C=O) groups excluding carboxylic acids is 1. The summed E-state index contributed by atoms with van der Waals surface area (Å²) in [5.74, 6) is -0.172. The minimum Gasteiger partial charge on any atom is -0.340 e. The maximum absolute atomic E-state index is 12.3. The van der Waals surface area contributed by atoms with Gasteiger partial charge in [-0.15, -0.1) is 11.3 Å². The minimum atomic E-state index is -3.60. The van der Waals surface area contributed by atoms with Crippen molar-refractivity contribution in [3.63, 3.8) is 0 Å². The fourth-order valence-corrected chi connectivity index (χ4v) is 4.30. The average Bonchev–Trinajstić information content (AvgIpc) is 2.82. The first-order valence-electron chi connectivity index (χ1n) is 6.56. The third-order valence-electron chi connectivity index (χ3n) is 3.11. The third-order valence-corrected chi connectivity index (χ3v) is 6.05. The van der Waals surface area contributed by atoms with Crippen molar-refractivity contribution in [2.75, 3.05) is 26.2 Å². The van der Waals surface area contributed by atoms with E-state index in [0.717, 1.165) is 30.8 Å². The maximum Gasteiger partial charge on any atom is 0.250 e. The molecule has 1 fully saturated rings. The van der Waals surface area contributed by atoms with E-state index >= 15 is 0 Å². The van der Waals surface area contributed by atoms with Gasteiger partial charge < -0.3 is 10.2 Å². The summed E-state index contributed by atoms with van der Waals surface area (Å²) in [6, 6.07) is 2.45. The number of hydrogen-bond donors (Lipinski definition) is 2. The topological polar surface area (TPSA) is 78.5 Å². The van der Waals surface area contributed by atoms with Crippen LogP contribution in [0.15, 0.2) is 21.7 Å². The van der Waals surface area contributed by atoms with E-state index in [1.54, 1.807) is 23.3 Å². The van der Waals surface area contributed by atoms with Gasteiger partial charge >= 0.3 is 0 Å². The molecule has 1 aliphatic heterocycles. The number of nitrogens with one attached hydrogen (secondary N) is 2. The molecule has 112 valence electrons. The van der Waals surface area contributed by atoms with Gasteiger partial charge in [0, 0.05) is 19.6 Å². The highest BCUT2D eigenvalue weighted by Gasteiger charge is 2.26. The van der Waals surface area contributed by atoms with Crippen molar-refractivity contribution >= 4 is 27.3 Å². The molecule has 1 aliphatic rings. The molecule has 1 unspecified atom stereocenters. The Hall–Kier alpha value is -0.960. The molecule has 1 aromatic rings. The predicted molar refractivity (Wildman–Crippen MR) is 78.2 cm³/mol.